The molecule has 21 heavy (non-hydrogen) atoms. The lowest BCUT2D eigenvalue weighted by molar-refractivity contribution is 0.0914. The monoisotopic (exact) mass is 309 g/mol. The second-order valence-corrected chi connectivity index (χ2v) is 5.97. The lowest BCUT2D eigenvalue weighted by Gasteiger charge is -2.32. The molecule has 4 nitrogen and oxygen atoms in total. The first-order valence-electron chi connectivity index (χ1n) is 7.03. The number of nitrogens with two attached hydrogens (primary N) is 1. The van der Waals surface area contributed by atoms with Crippen molar-refractivity contribution < 1.29 is 9.18 Å². The van der Waals surface area contributed by atoms with E-state index >= 15 is 0 Å². The summed E-state index contributed by atoms with van der Waals surface area (Å²) in [5.41, 5.74) is 6.71. The fourth-order valence-corrected chi connectivity index (χ4v) is 2.78. The molecule has 0 unspecified atom stereocenters. The van der Waals surface area contributed by atoms with E-state index in [4.69, 9.17) is 18.0 Å². The van der Waals surface area contributed by atoms with E-state index in [2.05, 4.69) is 10.2 Å². The van der Waals surface area contributed by atoms with Crippen LogP contribution in [-0.2, 0) is 0 Å². The number of aryl methyl sites for hydroxylation is 1. The summed E-state index contributed by atoms with van der Waals surface area (Å²) in [6.07, 6.45) is 1.74. The number of thiocarbonyl (C=S) groups is 1. The van der Waals surface area contributed by atoms with Crippen molar-refractivity contribution >= 4 is 23.1 Å². The summed E-state index contributed by atoms with van der Waals surface area (Å²) in [5.74, 6) is -0.463. The first-order chi connectivity index (χ1) is 9.95. The van der Waals surface area contributed by atoms with Crippen LogP contribution in [0.15, 0.2) is 18.2 Å². The molecule has 1 heterocycles. The van der Waals surface area contributed by atoms with Crippen LogP contribution in [0.25, 0.3) is 0 Å². The second-order valence-electron chi connectivity index (χ2n) is 5.45. The number of carbonyl (C=O) groups is 1. The molecule has 1 aliphatic heterocycles. The Morgan fingerprint density at radius 3 is 2.71 bits per heavy atom. The molecule has 114 valence electrons. The van der Waals surface area contributed by atoms with E-state index < -0.39 is 0 Å². The first kappa shape index (κ1) is 15.9. The second kappa shape index (κ2) is 6.95. The molecule has 1 aromatic carbocycles. The van der Waals surface area contributed by atoms with Crippen LogP contribution in [0.2, 0.25) is 0 Å². The maximum Gasteiger partial charge on any atom is 0.251 e. The van der Waals surface area contributed by atoms with Crippen LogP contribution in [0, 0.1) is 12.7 Å². The number of halogens is 1. The summed E-state index contributed by atoms with van der Waals surface area (Å²) in [4.78, 5) is 14.9. The highest BCUT2D eigenvalue weighted by Crippen LogP contribution is 2.13. The largest absolute Gasteiger partial charge is 0.392 e. The molecule has 0 aromatic heterocycles. The Hall–Kier alpha value is -1.53. The van der Waals surface area contributed by atoms with Gasteiger partial charge in [0.15, 0.2) is 0 Å². The van der Waals surface area contributed by atoms with E-state index in [1.807, 2.05) is 0 Å². The van der Waals surface area contributed by atoms with Crippen LogP contribution in [0.3, 0.4) is 0 Å². The lowest BCUT2D eigenvalue weighted by atomic mass is 10.0. The third-order valence-corrected chi connectivity index (χ3v) is 3.86. The molecule has 1 amide bonds. The van der Waals surface area contributed by atoms with E-state index in [0.29, 0.717) is 22.7 Å². The quantitative estimate of drug-likeness (QED) is 0.830. The van der Waals surface area contributed by atoms with Crippen LogP contribution < -0.4 is 11.1 Å². The van der Waals surface area contributed by atoms with E-state index in [-0.39, 0.29) is 17.8 Å². The molecular formula is C15H20FN3OS. The summed E-state index contributed by atoms with van der Waals surface area (Å²) in [6.45, 7) is 4.10. The predicted molar refractivity (Wildman–Crippen MR) is 84.9 cm³/mol. The van der Waals surface area contributed by atoms with Crippen molar-refractivity contribution in [1.82, 2.24) is 10.2 Å². The molecule has 0 bridgehead atoms. The van der Waals surface area contributed by atoms with Crippen LogP contribution in [0.1, 0.15) is 28.8 Å². The first-order valence-corrected chi connectivity index (χ1v) is 7.44. The smallest absolute Gasteiger partial charge is 0.251 e. The van der Waals surface area contributed by atoms with Gasteiger partial charge >= 0.3 is 0 Å². The van der Waals surface area contributed by atoms with Crippen LogP contribution >= 0.6 is 12.2 Å². The maximum atomic E-state index is 13.1. The van der Waals surface area contributed by atoms with Gasteiger partial charge in [0.1, 0.15) is 5.82 Å². The van der Waals surface area contributed by atoms with E-state index in [9.17, 15) is 9.18 Å². The fraction of sp³-hybridized carbons (Fsp3) is 0.467. The van der Waals surface area contributed by atoms with Crippen LogP contribution in [0.4, 0.5) is 4.39 Å². The summed E-state index contributed by atoms with van der Waals surface area (Å²) in [5, 5.41) is 3.02. The van der Waals surface area contributed by atoms with Gasteiger partial charge in [0, 0.05) is 31.2 Å². The van der Waals surface area contributed by atoms with Gasteiger partial charge in [0.25, 0.3) is 5.91 Å². The molecule has 1 saturated heterocycles. The molecule has 0 aliphatic carbocycles. The highest BCUT2D eigenvalue weighted by molar-refractivity contribution is 7.80. The molecule has 1 aliphatic rings. The van der Waals surface area contributed by atoms with Gasteiger partial charge in [-0.2, -0.15) is 0 Å². The Bertz CT molecular complexity index is 542. The SMILES string of the molecule is Cc1cc(F)ccc1C(=O)NC1CCN(CC(N)=S)CC1. The zero-order chi connectivity index (χ0) is 15.4. The average Bonchev–Trinajstić information content (AvgIpc) is 2.40. The van der Waals surface area contributed by atoms with Crippen LogP contribution in [0.5, 0.6) is 0 Å². The third kappa shape index (κ3) is 4.47. The van der Waals surface area contributed by atoms with Gasteiger partial charge in [-0.1, -0.05) is 12.2 Å². The Morgan fingerprint density at radius 1 is 1.48 bits per heavy atom. The van der Waals surface area contributed by atoms with Gasteiger partial charge in [0.2, 0.25) is 0 Å². The standard InChI is InChI=1S/C15H20FN3OS/c1-10-8-11(16)2-3-13(10)15(20)18-12-4-6-19(7-5-12)9-14(17)21/h2-3,8,12H,4-7,9H2,1H3,(H2,17,21)(H,18,20). The van der Waals surface area contributed by atoms with Crippen molar-refractivity contribution in [2.45, 2.75) is 25.8 Å². The zero-order valence-corrected chi connectivity index (χ0v) is 12.9. The Kier molecular flexibility index (Phi) is 5.25. The van der Waals surface area contributed by atoms with Crippen molar-refractivity contribution in [1.29, 1.82) is 0 Å². The van der Waals surface area contributed by atoms with Gasteiger partial charge in [-0.3, -0.25) is 9.69 Å². The van der Waals surface area contributed by atoms with E-state index in [0.717, 1.165) is 25.9 Å². The van der Waals surface area contributed by atoms with Crippen molar-refractivity contribution in [2.75, 3.05) is 19.6 Å². The Balaban J connectivity index is 1.88. The number of benzene rings is 1. The molecule has 0 radical (unpaired) electrons. The van der Waals surface area contributed by atoms with Gasteiger partial charge in [-0.15, -0.1) is 0 Å². The number of nitrogens with zero attached hydrogens (tertiary/aromatic N) is 1. The van der Waals surface area contributed by atoms with Crippen molar-refractivity contribution in [2.24, 2.45) is 5.73 Å². The molecule has 0 atom stereocenters. The molecule has 0 saturated carbocycles. The normalized spacial score (nSPS) is 16.7. The molecule has 6 heteroatoms. The molecule has 3 N–H and O–H groups in total. The maximum absolute atomic E-state index is 13.1. The summed E-state index contributed by atoms with van der Waals surface area (Å²) in [7, 11) is 0. The number of hydrogen-bond donors (Lipinski definition) is 2. The highest BCUT2D eigenvalue weighted by atomic mass is 32.1. The number of piperidine rings is 1. The van der Waals surface area contributed by atoms with Gasteiger partial charge < -0.3 is 11.1 Å². The number of nitrogens with one attached hydrogen (secondary N) is 1. The Labute approximate surface area is 129 Å². The number of amides is 1. The minimum Gasteiger partial charge on any atom is -0.392 e. The minimum atomic E-state index is -0.324. The third-order valence-electron chi connectivity index (χ3n) is 3.74. The van der Waals surface area contributed by atoms with Crippen molar-refractivity contribution in [3.8, 4) is 0 Å². The van der Waals surface area contributed by atoms with E-state index in [1.54, 1.807) is 6.92 Å². The number of rotatable bonds is 4. The molecule has 2 rings (SSSR count). The van der Waals surface area contributed by atoms with Gasteiger partial charge in [-0.25, -0.2) is 4.39 Å². The average molecular weight is 309 g/mol. The minimum absolute atomic E-state index is 0.139. The predicted octanol–water partition coefficient (Wildman–Crippen LogP) is 1.61. The number of likely N-dealkylation sites (tertiary alicyclic amines) is 1. The summed E-state index contributed by atoms with van der Waals surface area (Å²) in [6, 6.07) is 4.36. The molecular weight excluding hydrogens is 289 g/mol. The number of hydrogen-bond acceptors (Lipinski definition) is 3. The molecule has 1 aromatic rings. The van der Waals surface area contributed by atoms with Gasteiger partial charge in [-0.05, 0) is 43.5 Å². The Morgan fingerprint density at radius 2 is 2.14 bits per heavy atom. The molecule has 1 fully saturated rings. The summed E-state index contributed by atoms with van der Waals surface area (Å²) < 4.78 is 13.1. The topological polar surface area (TPSA) is 58.4 Å². The van der Waals surface area contributed by atoms with Crippen LogP contribution in [-0.4, -0.2) is 41.5 Å². The lowest BCUT2D eigenvalue weighted by Crippen LogP contribution is -2.46. The van der Waals surface area contributed by atoms with Crippen molar-refractivity contribution in [3.05, 3.63) is 35.1 Å². The zero-order valence-electron chi connectivity index (χ0n) is 12.1. The summed E-state index contributed by atoms with van der Waals surface area (Å²) >= 11 is 4.90. The highest BCUT2D eigenvalue weighted by Gasteiger charge is 2.21. The molecule has 0 spiro atoms. The van der Waals surface area contributed by atoms with Gasteiger partial charge in [0.05, 0.1) is 4.99 Å². The van der Waals surface area contributed by atoms with E-state index in [1.165, 1.54) is 18.2 Å². The van der Waals surface area contributed by atoms with Crippen molar-refractivity contribution in [3.63, 3.8) is 0 Å². The number of carbonyl (C=O) groups excluding carboxylic acids is 1. The fourth-order valence-electron chi connectivity index (χ4n) is 2.60.